The lowest BCUT2D eigenvalue weighted by atomic mass is 10.1. The Morgan fingerprint density at radius 3 is 2.50 bits per heavy atom. The molecule has 1 atom stereocenters. The van der Waals surface area contributed by atoms with Gasteiger partial charge in [0, 0.05) is 25.2 Å². The predicted octanol–water partition coefficient (Wildman–Crippen LogP) is 1.94. The van der Waals surface area contributed by atoms with Crippen molar-refractivity contribution in [2.75, 3.05) is 27.7 Å². The third-order valence-corrected chi connectivity index (χ3v) is 3.43. The van der Waals surface area contributed by atoms with Gasteiger partial charge in [0.2, 0.25) is 0 Å². The van der Waals surface area contributed by atoms with Gasteiger partial charge in [-0.1, -0.05) is 13.8 Å². The second kappa shape index (κ2) is 7.54. The van der Waals surface area contributed by atoms with Crippen molar-refractivity contribution in [3.8, 4) is 0 Å². The molecule has 1 aromatic heterocycles. The fourth-order valence-corrected chi connectivity index (χ4v) is 2.30. The number of hydrogen-bond donors (Lipinski definition) is 1. The highest BCUT2D eigenvalue weighted by molar-refractivity contribution is 5.02. The van der Waals surface area contributed by atoms with E-state index >= 15 is 0 Å². The summed E-state index contributed by atoms with van der Waals surface area (Å²) in [6.07, 6.45) is 5.40. The topological polar surface area (TPSA) is 33.1 Å². The maximum atomic E-state index is 4.71. The fraction of sp³-hybridized carbons (Fsp3) is 0.786. The lowest BCUT2D eigenvalue weighted by Crippen LogP contribution is -2.37. The van der Waals surface area contributed by atoms with Crippen molar-refractivity contribution in [2.45, 2.75) is 45.2 Å². The van der Waals surface area contributed by atoms with E-state index in [1.807, 2.05) is 7.05 Å². The minimum absolute atomic E-state index is 0.463. The van der Waals surface area contributed by atoms with Crippen LogP contribution < -0.4 is 5.32 Å². The summed E-state index contributed by atoms with van der Waals surface area (Å²) in [4.78, 5) is 2.21. The molecule has 1 rings (SSSR count). The molecule has 1 heterocycles. The Hall–Kier alpha value is -0.870. The van der Waals surface area contributed by atoms with Crippen LogP contribution in [-0.4, -0.2) is 48.4 Å². The van der Waals surface area contributed by atoms with Gasteiger partial charge in [-0.3, -0.25) is 4.68 Å². The van der Waals surface area contributed by atoms with Gasteiger partial charge in [0.1, 0.15) is 0 Å². The Morgan fingerprint density at radius 2 is 2.00 bits per heavy atom. The van der Waals surface area contributed by atoms with Crippen LogP contribution in [-0.2, 0) is 6.42 Å². The molecule has 0 radical (unpaired) electrons. The Kier molecular flexibility index (Phi) is 6.36. The molecular formula is C14H28N4. The third kappa shape index (κ3) is 4.42. The SMILES string of the molecule is CCC(CC)n1ccc(CC(CN(C)C)NC)n1. The molecule has 104 valence electrons. The van der Waals surface area contributed by atoms with E-state index in [9.17, 15) is 0 Å². The van der Waals surface area contributed by atoms with Gasteiger partial charge in [0.05, 0.1) is 11.7 Å². The molecule has 1 aromatic rings. The minimum atomic E-state index is 0.463. The first-order valence-corrected chi connectivity index (χ1v) is 6.96. The highest BCUT2D eigenvalue weighted by Gasteiger charge is 2.12. The second-order valence-electron chi connectivity index (χ2n) is 5.21. The Morgan fingerprint density at radius 1 is 1.33 bits per heavy atom. The summed E-state index contributed by atoms with van der Waals surface area (Å²) in [5.74, 6) is 0. The minimum Gasteiger partial charge on any atom is -0.315 e. The zero-order chi connectivity index (χ0) is 13.5. The summed E-state index contributed by atoms with van der Waals surface area (Å²) in [5.41, 5.74) is 1.18. The smallest absolute Gasteiger partial charge is 0.0640 e. The van der Waals surface area contributed by atoms with Crippen molar-refractivity contribution in [2.24, 2.45) is 0 Å². The van der Waals surface area contributed by atoms with Crippen LogP contribution in [0.4, 0.5) is 0 Å². The van der Waals surface area contributed by atoms with Crippen LogP contribution in [0.3, 0.4) is 0 Å². The molecular weight excluding hydrogens is 224 g/mol. The van der Waals surface area contributed by atoms with Crippen molar-refractivity contribution in [1.82, 2.24) is 20.0 Å². The quantitative estimate of drug-likeness (QED) is 0.767. The zero-order valence-corrected chi connectivity index (χ0v) is 12.5. The highest BCUT2D eigenvalue weighted by Crippen LogP contribution is 2.15. The van der Waals surface area contributed by atoms with Gasteiger partial charge in [0.15, 0.2) is 0 Å². The van der Waals surface area contributed by atoms with E-state index in [2.05, 4.69) is 55.1 Å². The molecule has 0 fully saturated rings. The van der Waals surface area contributed by atoms with Crippen molar-refractivity contribution in [3.05, 3.63) is 18.0 Å². The van der Waals surface area contributed by atoms with Crippen molar-refractivity contribution in [3.63, 3.8) is 0 Å². The summed E-state index contributed by atoms with van der Waals surface area (Å²) in [5, 5.41) is 8.06. The van der Waals surface area contributed by atoms with Crippen molar-refractivity contribution >= 4 is 0 Å². The van der Waals surface area contributed by atoms with Crippen LogP contribution >= 0.6 is 0 Å². The van der Waals surface area contributed by atoms with Gasteiger partial charge in [-0.25, -0.2) is 0 Å². The highest BCUT2D eigenvalue weighted by atomic mass is 15.3. The maximum absolute atomic E-state index is 4.71. The molecule has 1 unspecified atom stereocenters. The molecule has 0 aliphatic rings. The largest absolute Gasteiger partial charge is 0.315 e. The van der Waals surface area contributed by atoms with Crippen molar-refractivity contribution in [1.29, 1.82) is 0 Å². The molecule has 18 heavy (non-hydrogen) atoms. The van der Waals surface area contributed by atoms with E-state index in [0.717, 1.165) is 25.8 Å². The van der Waals surface area contributed by atoms with Crippen molar-refractivity contribution < 1.29 is 0 Å². The second-order valence-corrected chi connectivity index (χ2v) is 5.21. The molecule has 0 spiro atoms. The van der Waals surface area contributed by atoms with Gasteiger partial charge in [-0.15, -0.1) is 0 Å². The number of hydrogen-bond acceptors (Lipinski definition) is 3. The zero-order valence-electron chi connectivity index (χ0n) is 12.5. The van der Waals surface area contributed by atoms with E-state index in [0.29, 0.717) is 12.1 Å². The predicted molar refractivity (Wildman–Crippen MR) is 77.0 cm³/mol. The summed E-state index contributed by atoms with van der Waals surface area (Å²) < 4.78 is 2.12. The third-order valence-electron chi connectivity index (χ3n) is 3.43. The van der Waals surface area contributed by atoms with Gasteiger partial charge in [-0.05, 0) is 40.1 Å². The van der Waals surface area contributed by atoms with E-state index in [4.69, 9.17) is 5.10 Å². The average Bonchev–Trinajstić information content (AvgIpc) is 2.78. The summed E-state index contributed by atoms with van der Waals surface area (Å²) >= 11 is 0. The molecule has 4 heteroatoms. The summed E-state index contributed by atoms with van der Waals surface area (Å²) in [6, 6.07) is 3.16. The number of rotatable bonds is 8. The van der Waals surface area contributed by atoms with Crippen LogP contribution in [0.15, 0.2) is 12.3 Å². The molecule has 0 bridgehead atoms. The first-order valence-electron chi connectivity index (χ1n) is 6.96. The molecule has 0 amide bonds. The van der Waals surface area contributed by atoms with Gasteiger partial charge in [0.25, 0.3) is 0 Å². The molecule has 0 saturated heterocycles. The van der Waals surface area contributed by atoms with Crippen LogP contribution in [0.25, 0.3) is 0 Å². The molecule has 4 nitrogen and oxygen atoms in total. The van der Waals surface area contributed by atoms with E-state index in [1.165, 1.54) is 5.69 Å². The number of nitrogens with one attached hydrogen (secondary N) is 1. The summed E-state index contributed by atoms with van der Waals surface area (Å²) in [7, 11) is 6.23. The Labute approximate surface area is 111 Å². The van der Waals surface area contributed by atoms with Gasteiger partial charge < -0.3 is 10.2 Å². The molecule has 0 saturated carbocycles. The Bertz CT molecular complexity index is 328. The molecule has 1 N–H and O–H groups in total. The molecule has 0 aliphatic carbocycles. The van der Waals surface area contributed by atoms with Crippen LogP contribution in [0.5, 0.6) is 0 Å². The molecule has 0 aromatic carbocycles. The first-order chi connectivity index (χ1) is 8.60. The lowest BCUT2D eigenvalue weighted by Gasteiger charge is -2.19. The number of aromatic nitrogens is 2. The number of nitrogens with zero attached hydrogens (tertiary/aromatic N) is 3. The average molecular weight is 252 g/mol. The van der Waals surface area contributed by atoms with E-state index in [-0.39, 0.29) is 0 Å². The monoisotopic (exact) mass is 252 g/mol. The standard InChI is InChI=1S/C14H28N4/c1-6-14(7-2)18-9-8-12(16-18)10-13(15-3)11-17(4)5/h8-9,13-15H,6-7,10-11H2,1-5H3. The van der Waals surface area contributed by atoms with Gasteiger partial charge in [-0.2, -0.15) is 5.10 Å². The van der Waals surface area contributed by atoms with E-state index in [1.54, 1.807) is 0 Å². The van der Waals surface area contributed by atoms with Gasteiger partial charge >= 0.3 is 0 Å². The van der Waals surface area contributed by atoms with E-state index < -0.39 is 0 Å². The first kappa shape index (κ1) is 15.2. The van der Waals surface area contributed by atoms with Crippen LogP contribution in [0, 0.1) is 0 Å². The maximum Gasteiger partial charge on any atom is 0.0640 e. The fourth-order valence-electron chi connectivity index (χ4n) is 2.30. The summed E-state index contributed by atoms with van der Waals surface area (Å²) in [6.45, 7) is 5.48. The molecule has 0 aliphatic heterocycles. The normalized spacial score (nSPS) is 13.5. The number of likely N-dealkylation sites (N-methyl/N-ethyl adjacent to an activating group) is 2. The van der Waals surface area contributed by atoms with Crippen LogP contribution in [0.1, 0.15) is 38.4 Å². The van der Waals surface area contributed by atoms with Crippen LogP contribution in [0.2, 0.25) is 0 Å². The Balaban J connectivity index is 2.62. The lowest BCUT2D eigenvalue weighted by molar-refractivity contribution is 0.344.